The quantitative estimate of drug-likeness (QED) is 0.772. The highest BCUT2D eigenvalue weighted by molar-refractivity contribution is 7.98. The van der Waals surface area contributed by atoms with Gasteiger partial charge in [0.2, 0.25) is 11.8 Å². The van der Waals surface area contributed by atoms with Gasteiger partial charge in [-0.1, -0.05) is 30.3 Å². The summed E-state index contributed by atoms with van der Waals surface area (Å²) < 4.78 is 0. The molecule has 1 heterocycles. The van der Waals surface area contributed by atoms with Gasteiger partial charge in [0.05, 0.1) is 0 Å². The number of carbonyl (C=O) groups is 2. The molecule has 0 saturated carbocycles. The van der Waals surface area contributed by atoms with Crippen molar-refractivity contribution in [2.24, 2.45) is 0 Å². The molecule has 0 spiro atoms. The minimum atomic E-state index is -0.327. The molecule has 1 aromatic rings. The van der Waals surface area contributed by atoms with Gasteiger partial charge in [-0.3, -0.25) is 9.59 Å². The van der Waals surface area contributed by atoms with Crippen LogP contribution in [0.1, 0.15) is 18.4 Å². The molecule has 1 unspecified atom stereocenters. The van der Waals surface area contributed by atoms with Crippen LogP contribution in [-0.4, -0.2) is 30.2 Å². The Morgan fingerprint density at radius 2 is 2.16 bits per heavy atom. The summed E-state index contributed by atoms with van der Waals surface area (Å²) in [5.41, 5.74) is 1.27. The third-order valence-electron chi connectivity index (χ3n) is 2.97. The lowest BCUT2D eigenvalue weighted by molar-refractivity contribution is -0.127. The molecule has 2 N–H and O–H groups in total. The van der Waals surface area contributed by atoms with Crippen LogP contribution in [0.5, 0.6) is 0 Å². The molecule has 102 valence electrons. The van der Waals surface area contributed by atoms with Crippen molar-refractivity contribution >= 4 is 23.6 Å². The van der Waals surface area contributed by atoms with Crippen molar-refractivity contribution in [3.05, 3.63) is 35.9 Å². The number of benzene rings is 1. The Bertz CT molecular complexity index is 436. The van der Waals surface area contributed by atoms with Gasteiger partial charge in [-0.2, -0.15) is 11.8 Å². The first-order valence-corrected chi connectivity index (χ1v) is 7.60. The van der Waals surface area contributed by atoms with E-state index < -0.39 is 0 Å². The van der Waals surface area contributed by atoms with Gasteiger partial charge in [-0.05, 0) is 12.0 Å². The van der Waals surface area contributed by atoms with Crippen molar-refractivity contribution in [1.29, 1.82) is 0 Å². The number of hydrogen-bond acceptors (Lipinski definition) is 3. The first kappa shape index (κ1) is 13.9. The van der Waals surface area contributed by atoms with Gasteiger partial charge in [-0.25, -0.2) is 0 Å². The van der Waals surface area contributed by atoms with Crippen LogP contribution in [0.15, 0.2) is 30.3 Å². The van der Waals surface area contributed by atoms with E-state index in [1.54, 1.807) is 11.8 Å². The lowest BCUT2D eigenvalue weighted by atomic mass is 10.2. The highest BCUT2D eigenvalue weighted by Crippen LogP contribution is 2.12. The van der Waals surface area contributed by atoms with Gasteiger partial charge < -0.3 is 10.6 Å². The molecule has 2 rings (SSSR count). The molecule has 0 bridgehead atoms. The molecule has 0 radical (unpaired) electrons. The largest absolute Gasteiger partial charge is 0.354 e. The summed E-state index contributed by atoms with van der Waals surface area (Å²) >= 11 is 1.73. The standard InChI is InChI=1S/C14H18N2O2S/c17-13(16-12-6-8-15-14(12)18)7-9-19-10-11-4-2-1-3-5-11/h1-5,12H,6-10H2,(H,15,18)(H,16,17). The number of amides is 2. The number of thioether (sulfide) groups is 1. The van der Waals surface area contributed by atoms with Crippen molar-refractivity contribution in [3.8, 4) is 0 Å². The first-order chi connectivity index (χ1) is 9.25. The summed E-state index contributed by atoms with van der Waals surface area (Å²) in [5.74, 6) is 1.58. The van der Waals surface area contributed by atoms with Crippen LogP contribution in [0.25, 0.3) is 0 Å². The van der Waals surface area contributed by atoms with E-state index in [0.29, 0.717) is 19.4 Å². The van der Waals surface area contributed by atoms with Crippen LogP contribution in [-0.2, 0) is 15.3 Å². The number of hydrogen-bond donors (Lipinski definition) is 2. The normalized spacial score (nSPS) is 18.1. The molecule has 1 atom stereocenters. The minimum absolute atomic E-state index is 0.0392. The van der Waals surface area contributed by atoms with Crippen LogP contribution >= 0.6 is 11.8 Å². The Labute approximate surface area is 117 Å². The van der Waals surface area contributed by atoms with Crippen LogP contribution in [0.2, 0.25) is 0 Å². The molecule has 1 saturated heterocycles. The first-order valence-electron chi connectivity index (χ1n) is 6.44. The number of carbonyl (C=O) groups excluding carboxylic acids is 2. The van der Waals surface area contributed by atoms with E-state index in [-0.39, 0.29) is 17.9 Å². The molecule has 4 nitrogen and oxygen atoms in total. The summed E-state index contributed by atoms with van der Waals surface area (Å²) in [6.45, 7) is 0.659. The van der Waals surface area contributed by atoms with Crippen molar-refractivity contribution < 1.29 is 9.59 Å². The second-order valence-electron chi connectivity index (χ2n) is 4.49. The van der Waals surface area contributed by atoms with Gasteiger partial charge >= 0.3 is 0 Å². The Morgan fingerprint density at radius 1 is 1.37 bits per heavy atom. The predicted octanol–water partition coefficient (Wildman–Crippen LogP) is 1.31. The smallest absolute Gasteiger partial charge is 0.242 e. The summed E-state index contributed by atoms with van der Waals surface area (Å²) in [5, 5.41) is 5.47. The Hall–Kier alpha value is -1.49. The average Bonchev–Trinajstić information content (AvgIpc) is 2.82. The van der Waals surface area contributed by atoms with Gasteiger partial charge in [0, 0.05) is 24.5 Å². The Kier molecular flexibility index (Phi) is 5.27. The third-order valence-corrected chi connectivity index (χ3v) is 4.00. The number of rotatable bonds is 6. The second-order valence-corrected chi connectivity index (χ2v) is 5.59. The zero-order chi connectivity index (χ0) is 13.5. The van der Waals surface area contributed by atoms with Crippen molar-refractivity contribution in [1.82, 2.24) is 10.6 Å². The summed E-state index contributed by atoms with van der Waals surface area (Å²) in [6, 6.07) is 9.86. The molecule has 19 heavy (non-hydrogen) atoms. The molecule has 1 aliphatic heterocycles. The predicted molar refractivity (Wildman–Crippen MR) is 76.8 cm³/mol. The maximum Gasteiger partial charge on any atom is 0.242 e. The minimum Gasteiger partial charge on any atom is -0.354 e. The second kappa shape index (κ2) is 7.19. The monoisotopic (exact) mass is 278 g/mol. The Morgan fingerprint density at radius 3 is 2.84 bits per heavy atom. The highest BCUT2D eigenvalue weighted by atomic mass is 32.2. The van der Waals surface area contributed by atoms with E-state index >= 15 is 0 Å². The van der Waals surface area contributed by atoms with Crippen molar-refractivity contribution in [2.75, 3.05) is 12.3 Å². The van der Waals surface area contributed by atoms with Crippen LogP contribution < -0.4 is 10.6 Å². The van der Waals surface area contributed by atoms with E-state index in [9.17, 15) is 9.59 Å². The molecular formula is C14H18N2O2S. The zero-order valence-corrected chi connectivity index (χ0v) is 11.5. The molecule has 5 heteroatoms. The fourth-order valence-electron chi connectivity index (χ4n) is 1.93. The molecular weight excluding hydrogens is 260 g/mol. The van der Waals surface area contributed by atoms with E-state index in [0.717, 1.165) is 11.5 Å². The van der Waals surface area contributed by atoms with Crippen molar-refractivity contribution in [2.45, 2.75) is 24.6 Å². The molecule has 0 aromatic heterocycles. The van der Waals surface area contributed by atoms with E-state index in [1.807, 2.05) is 18.2 Å². The van der Waals surface area contributed by atoms with E-state index in [4.69, 9.17) is 0 Å². The average molecular weight is 278 g/mol. The van der Waals surface area contributed by atoms with E-state index in [2.05, 4.69) is 22.8 Å². The van der Waals surface area contributed by atoms with Crippen molar-refractivity contribution in [3.63, 3.8) is 0 Å². The number of nitrogens with one attached hydrogen (secondary N) is 2. The van der Waals surface area contributed by atoms with Gasteiger partial charge in [0.25, 0.3) is 0 Å². The van der Waals surface area contributed by atoms with Crippen LogP contribution in [0.3, 0.4) is 0 Å². The summed E-state index contributed by atoms with van der Waals surface area (Å²) in [7, 11) is 0. The lowest BCUT2D eigenvalue weighted by Gasteiger charge is -2.09. The van der Waals surface area contributed by atoms with Crippen LogP contribution in [0, 0.1) is 0 Å². The zero-order valence-electron chi connectivity index (χ0n) is 10.7. The van der Waals surface area contributed by atoms with Crippen LogP contribution in [0.4, 0.5) is 0 Å². The fourth-order valence-corrected chi connectivity index (χ4v) is 2.83. The summed E-state index contributed by atoms with van der Waals surface area (Å²) in [6.07, 6.45) is 1.16. The van der Waals surface area contributed by atoms with Gasteiger partial charge in [0.1, 0.15) is 6.04 Å². The maximum absolute atomic E-state index is 11.7. The van der Waals surface area contributed by atoms with Gasteiger partial charge in [-0.15, -0.1) is 0 Å². The lowest BCUT2D eigenvalue weighted by Crippen LogP contribution is -2.40. The SMILES string of the molecule is O=C(CCSCc1ccccc1)NC1CCNC1=O. The molecule has 1 aliphatic rings. The third kappa shape index (κ3) is 4.59. The highest BCUT2D eigenvalue weighted by Gasteiger charge is 2.25. The van der Waals surface area contributed by atoms with E-state index in [1.165, 1.54) is 5.56 Å². The topological polar surface area (TPSA) is 58.2 Å². The van der Waals surface area contributed by atoms with Gasteiger partial charge in [0.15, 0.2) is 0 Å². The molecule has 2 amide bonds. The Balaban J connectivity index is 1.60. The fraction of sp³-hybridized carbons (Fsp3) is 0.429. The molecule has 0 aliphatic carbocycles. The molecule has 1 fully saturated rings. The molecule has 1 aromatic carbocycles. The maximum atomic E-state index is 11.7. The summed E-state index contributed by atoms with van der Waals surface area (Å²) in [4.78, 5) is 22.9.